The molecular weight excluding hydrogens is 311 g/mol. The van der Waals surface area contributed by atoms with Crippen molar-refractivity contribution in [2.45, 2.75) is 6.04 Å². The lowest BCUT2D eigenvalue weighted by Crippen LogP contribution is -2.44. The second kappa shape index (κ2) is 6.13. The number of hydrogen-bond acceptors (Lipinski definition) is 3. The molecule has 2 aliphatic rings. The van der Waals surface area contributed by atoms with Crippen LogP contribution in [0.1, 0.15) is 10.4 Å². The third-order valence-corrected chi connectivity index (χ3v) is 4.58. The summed E-state index contributed by atoms with van der Waals surface area (Å²) >= 11 is 12.0. The molecule has 2 atom stereocenters. The highest BCUT2D eigenvalue weighted by Crippen LogP contribution is 2.23. The number of likely N-dealkylation sites (N-methyl/N-ethyl adjacent to an activating group) is 1. The fraction of sp³-hybridized carbons (Fsp3) is 0.533. The molecule has 0 saturated carbocycles. The van der Waals surface area contributed by atoms with Gasteiger partial charge in [0.25, 0.3) is 5.91 Å². The molecule has 21 heavy (non-hydrogen) atoms. The van der Waals surface area contributed by atoms with Gasteiger partial charge >= 0.3 is 0 Å². The lowest BCUT2D eigenvalue weighted by atomic mass is 10.1. The molecule has 2 saturated heterocycles. The van der Waals surface area contributed by atoms with E-state index >= 15 is 0 Å². The van der Waals surface area contributed by atoms with E-state index in [-0.39, 0.29) is 11.9 Å². The van der Waals surface area contributed by atoms with Gasteiger partial charge in [0.05, 0.1) is 19.3 Å². The van der Waals surface area contributed by atoms with Gasteiger partial charge in [-0.1, -0.05) is 23.2 Å². The summed E-state index contributed by atoms with van der Waals surface area (Å²) in [5, 5.41) is 0.975. The van der Waals surface area contributed by atoms with Crippen molar-refractivity contribution < 1.29 is 9.53 Å². The Morgan fingerprint density at radius 2 is 1.86 bits per heavy atom. The van der Waals surface area contributed by atoms with Crippen LogP contribution in [0.5, 0.6) is 0 Å². The molecule has 0 aromatic heterocycles. The maximum atomic E-state index is 12.7. The molecule has 114 valence electrons. The molecular formula is C15H18Cl2N2O2. The smallest absolute Gasteiger partial charge is 0.254 e. The molecule has 0 aliphatic carbocycles. The van der Waals surface area contributed by atoms with Crippen LogP contribution < -0.4 is 0 Å². The lowest BCUT2D eigenvalue weighted by Gasteiger charge is -2.30. The number of ether oxygens (including phenoxy) is 1. The van der Waals surface area contributed by atoms with E-state index in [4.69, 9.17) is 27.9 Å². The van der Waals surface area contributed by atoms with Gasteiger partial charge < -0.3 is 9.64 Å². The Balaban J connectivity index is 1.84. The van der Waals surface area contributed by atoms with Gasteiger partial charge in [0.15, 0.2) is 0 Å². The fourth-order valence-corrected chi connectivity index (χ4v) is 3.60. The number of nitrogens with zero attached hydrogens (tertiary/aromatic N) is 2. The van der Waals surface area contributed by atoms with Crippen molar-refractivity contribution in [2.75, 3.05) is 39.9 Å². The summed E-state index contributed by atoms with van der Waals surface area (Å²) in [5.74, 6) is 0.340. The van der Waals surface area contributed by atoms with Gasteiger partial charge in [-0.3, -0.25) is 9.69 Å². The topological polar surface area (TPSA) is 32.8 Å². The maximum Gasteiger partial charge on any atom is 0.254 e. The summed E-state index contributed by atoms with van der Waals surface area (Å²) in [4.78, 5) is 16.9. The second-order valence-corrected chi connectivity index (χ2v) is 6.74. The van der Waals surface area contributed by atoms with Gasteiger partial charge in [-0.2, -0.15) is 0 Å². The van der Waals surface area contributed by atoms with Crippen LogP contribution in [0.15, 0.2) is 18.2 Å². The Bertz CT molecular complexity index is 532. The Kier molecular flexibility index (Phi) is 4.41. The molecule has 2 bridgehead atoms. The van der Waals surface area contributed by atoms with Crippen LogP contribution >= 0.6 is 23.2 Å². The van der Waals surface area contributed by atoms with Crippen LogP contribution in [0, 0.1) is 5.92 Å². The van der Waals surface area contributed by atoms with E-state index in [9.17, 15) is 4.79 Å². The minimum atomic E-state index is -0.00778. The van der Waals surface area contributed by atoms with Crippen LogP contribution in [-0.2, 0) is 4.74 Å². The fourth-order valence-electron chi connectivity index (χ4n) is 3.08. The van der Waals surface area contributed by atoms with E-state index in [2.05, 4.69) is 11.9 Å². The molecule has 0 unspecified atom stereocenters. The standard InChI is InChI=1S/C15H18Cl2N2O2/c1-18-5-10-6-19(7-14(18)9-21-8-10)15(20)11-2-12(16)4-13(17)3-11/h2-4,10,14H,5-9H2,1H3/t10-,14+/m1/s1. The van der Waals surface area contributed by atoms with Crippen molar-refractivity contribution in [2.24, 2.45) is 5.92 Å². The van der Waals surface area contributed by atoms with Crippen molar-refractivity contribution in [1.82, 2.24) is 9.80 Å². The summed E-state index contributed by atoms with van der Waals surface area (Å²) < 4.78 is 5.68. The van der Waals surface area contributed by atoms with E-state index in [0.717, 1.165) is 6.54 Å². The van der Waals surface area contributed by atoms with E-state index in [1.807, 2.05) is 4.90 Å². The molecule has 3 rings (SSSR count). The van der Waals surface area contributed by atoms with Crippen LogP contribution in [0.2, 0.25) is 10.0 Å². The molecule has 2 aliphatic heterocycles. The molecule has 4 nitrogen and oxygen atoms in total. The quantitative estimate of drug-likeness (QED) is 0.793. The summed E-state index contributed by atoms with van der Waals surface area (Å²) in [6, 6.07) is 5.24. The van der Waals surface area contributed by atoms with Gasteiger partial charge in [-0.25, -0.2) is 0 Å². The van der Waals surface area contributed by atoms with E-state index in [0.29, 0.717) is 47.8 Å². The van der Waals surface area contributed by atoms with Gasteiger partial charge in [0, 0.05) is 41.2 Å². The summed E-state index contributed by atoms with van der Waals surface area (Å²) in [5.41, 5.74) is 0.552. The maximum absolute atomic E-state index is 12.7. The first kappa shape index (κ1) is 15.1. The largest absolute Gasteiger partial charge is 0.379 e. The van der Waals surface area contributed by atoms with Crippen LogP contribution in [0.4, 0.5) is 0 Å². The average Bonchev–Trinajstić information content (AvgIpc) is 2.65. The van der Waals surface area contributed by atoms with Gasteiger partial charge in [-0.05, 0) is 25.2 Å². The van der Waals surface area contributed by atoms with Crippen molar-refractivity contribution >= 4 is 29.1 Å². The molecule has 1 aromatic carbocycles. The lowest BCUT2D eigenvalue weighted by molar-refractivity contribution is 0.0434. The summed E-state index contributed by atoms with van der Waals surface area (Å²) in [7, 11) is 2.09. The van der Waals surface area contributed by atoms with Crippen LogP contribution in [0.3, 0.4) is 0 Å². The molecule has 2 fully saturated rings. The van der Waals surface area contributed by atoms with Crippen molar-refractivity contribution in [3.05, 3.63) is 33.8 Å². The molecule has 2 heterocycles. The minimum Gasteiger partial charge on any atom is -0.379 e. The van der Waals surface area contributed by atoms with E-state index < -0.39 is 0 Å². The Morgan fingerprint density at radius 3 is 2.57 bits per heavy atom. The summed E-state index contributed by atoms with van der Waals surface area (Å²) in [6.45, 7) is 3.73. The first-order chi connectivity index (χ1) is 10.0. The number of hydrogen-bond donors (Lipinski definition) is 0. The monoisotopic (exact) mass is 328 g/mol. The number of carbonyl (C=O) groups is 1. The Labute approximate surface area is 134 Å². The Hall–Kier alpha value is -0.810. The number of fused-ring (bicyclic) bond motifs is 3. The van der Waals surface area contributed by atoms with Crippen molar-refractivity contribution in [3.63, 3.8) is 0 Å². The Morgan fingerprint density at radius 1 is 1.14 bits per heavy atom. The highest BCUT2D eigenvalue weighted by Gasteiger charge is 2.33. The van der Waals surface area contributed by atoms with Crippen LogP contribution in [-0.4, -0.2) is 61.6 Å². The SMILES string of the molecule is CN1C[C@H]2COC[C@@H]1CN(C(=O)c1cc(Cl)cc(Cl)c1)C2. The molecule has 1 aromatic rings. The minimum absolute atomic E-state index is 0.00778. The number of benzene rings is 1. The number of carbonyl (C=O) groups excluding carboxylic acids is 1. The predicted molar refractivity (Wildman–Crippen MR) is 83.1 cm³/mol. The zero-order valence-corrected chi connectivity index (χ0v) is 13.4. The first-order valence-electron chi connectivity index (χ1n) is 7.06. The van der Waals surface area contributed by atoms with Gasteiger partial charge in [-0.15, -0.1) is 0 Å². The van der Waals surface area contributed by atoms with E-state index in [1.54, 1.807) is 18.2 Å². The van der Waals surface area contributed by atoms with Crippen LogP contribution in [0.25, 0.3) is 0 Å². The number of rotatable bonds is 1. The molecule has 0 spiro atoms. The van der Waals surface area contributed by atoms with Gasteiger partial charge in [0.2, 0.25) is 0 Å². The molecule has 1 amide bonds. The van der Waals surface area contributed by atoms with Gasteiger partial charge in [0.1, 0.15) is 0 Å². The zero-order chi connectivity index (χ0) is 15.0. The zero-order valence-electron chi connectivity index (χ0n) is 11.9. The van der Waals surface area contributed by atoms with Crippen molar-refractivity contribution in [1.29, 1.82) is 0 Å². The third-order valence-electron chi connectivity index (χ3n) is 4.14. The average molecular weight is 329 g/mol. The second-order valence-electron chi connectivity index (χ2n) is 5.87. The number of halogens is 2. The predicted octanol–water partition coefficient (Wildman–Crippen LogP) is 2.40. The van der Waals surface area contributed by atoms with Crippen molar-refractivity contribution in [3.8, 4) is 0 Å². The molecule has 6 heteroatoms. The normalized spacial score (nSPS) is 26.5. The molecule has 0 N–H and O–H groups in total. The first-order valence-corrected chi connectivity index (χ1v) is 7.82. The highest BCUT2D eigenvalue weighted by molar-refractivity contribution is 6.35. The summed E-state index contributed by atoms with van der Waals surface area (Å²) in [6.07, 6.45) is 0. The third kappa shape index (κ3) is 3.34. The van der Waals surface area contributed by atoms with E-state index in [1.165, 1.54) is 0 Å². The highest BCUT2D eigenvalue weighted by atomic mass is 35.5. The molecule has 0 radical (unpaired) electrons. The number of amides is 1.